The fourth-order valence-electron chi connectivity index (χ4n) is 0.856. The molecule has 68 valence electrons. The molecule has 0 bridgehead atoms. The molecule has 14 heavy (non-hydrogen) atoms. The molecule has 0 aliphatic rings. The summed E-state index contributed by atoms with van der Waals surface area (Å²) in [6.45, 7) is 0. The fourth-order valence-corrected chi connectivity index (χ4v) is 0.856. The summed E-state index contributed by atoms with van der Waals surface area (Å²) in [5, 5.41) is 17.1. The Morgan fingerprint density at radius 1 is 1.00 bits per heavy atom. The minimum Gasteiger partial charge on any atom is -1.00 e. The molecule has 2 N–H and O–H groups in total. The molecule has 4 nitrogen and oxygen atoms in total. The zero-order valence-electron chi connectivity index (χ0n) is 8.52. The molecule has 0 atom stereocenters. The van der Waals surface area contributed by atoms with Gasteiger partial charge in [-0.2, -0.15) is 0 Å². The minimum atomic E-state index is -1.23. The van der Waals surface area contributed by atoms with Crippen LogP contribution in [0.15, 0.2) is 24.3 Å². The maximum absolute atomic E-state index is 10.5. The van der Waals surface area contributed by atoms with Gasteiger partial charge in [-0.15, -0.1) is 0 Å². The van der Waals surface area contributed by atoms with E-state index in [0.717, 1.165) is 0 Å². The van der Waals surface area contributed by atoms with Crippen LogP contribution in [-0.2, 0) is 0 Å². The molecule has 1 aromatic rings. The second kappa shape index (κ2) is 7.94. The number of hydrogen-bond donors (Lipinski definition) is 2. The predicted molar refractivity (Wildman–Crippen MR) is 47.2 cm³/mol. The van der Waals surface area contributed by atoms with E-state index in [9.17, 15) is 9.59 Å². The number of carboxylic acids is 2. The van der Waals surface area contributed by atoms with Crippen molar-refractivity contribution < 1.29 is 72.6 Å². The fraction of sp³-hybridized carbons (Fsp3) is 0. The summed E-state index contributed by atoms with van der Waals surface area (Å²) in [4.78, 5) is 20.9. The molecule has 0 saturated heterocycles. The van der Waals surface area contributed by atoms with Crippen molar-refractivity contribution in [1.82, 2.24) is 0 Å². The summed E-state index contributed by atoms with van der Waals surface area (Å²) < 4.78 is 0. The van der Waals surface area contributed by atoms with E-state index < -0.39 is 11.9 Å². The number of hydrogen-bond acceptors (Lipinski definition) is 2. The van der Waals surface area contributed by atoms with Gasteiger partial charge in [0.15, 0.2) is 0 Å². The molecule has 0 fully saturated rings. The normalized spacial score (nSPS) is 8.00. The predicted octanol–water partition coefficient (Wildman–Crippen LogP) is -2.18. The number of rotatable bonds is 2. The molecule has 6 heteroatoms. The maximum atomic E-state index is 10.5. The average Bonchev–Trinajstić information content (AvgIpc) is 2.04. The third-order valence-corrected chi connectivity index (χ3v) is 1.39. The van der Waals surface area contributed by atoms with Gasteiger partial charge in [0, 0.05) is 27.3 Å². The largest absolute Gasteiger partial charge is 1.00 e. The monoisotopic (exact) mass is 414 g/mol. The summed E-state index contributed by atoms with van der Waals surface area (Å²) in [5.41, 5.74) is -0.380. The minimum absolute atomic E-state index is 0. The van der Waals surface area contributed by atoms with Crippen LogP contribution in [0.4, 0.5) is 0 Å². The smallest absolute Gasteiger partial charge is 1.00 e. The first-order valence-corrected chi connectivity index (χ1v) is 3.18. The van der Waals surface area contributed by atoms with E-state index in [4.69, 9.17) is 10.2 Å². The molecule has 1 aromatic carbocycles. The van der Waals surface area contributed by atoms with E-state index in [0.29, 0.717) is 0 Å². The van der Waals surface area contributed by atoms with Crippen LogP contribution in [0.25, 0.3) is 0 Å². The zero-order valence-corrected chi connectivity index (χ0v) is 14.5. The first kappa shape index (κ1) is 17.1. The third-order valence-electron chi connectivity index (χ3n) is 1.39. The van der Waals surface area contributed by atoms with Gasteiger partial charge in [-0.1, -0.05) is 12.1 Å². The Bertz CT molecular complexity index is 312. The maximum Gasteiger partial charge on any atom is 1.00 e. The topological polar surface area (TPSA) is 74.6 Å². The van der Waals surface area contributed by atoms with Crippen molar-refractivity contribution in [3.63, 3.8) is 0 Å². The molecule has 0 spiro atoms. The third kappa shape index (κ3) is 4.49. The van der Waals surface area contributed by atoms with Crippen molar-refractivity contribution in [3.8, 4) is 0 Å². The molecule has 0 unspecified atom stereocenters. The van der Waals surface area contributed by atoms with Gasteiger partial charge in [0.05, 0.1) is 11.1 Å². The molecular weight excluding hydrogens is 406 g/mol. The van der Waals surface area contributed by atoms with Crippen LogP contribution in [-0.4, -0.2) is 49.5 Å². The molecule has 0 aliphatic carbocycles. The standard InChI is InChI=1S/C8H6O4.K.Pb.H/c9-7(10)5-3-1-2-4-6(5)8(11)12;;;/h1-4H,(H,9,10)(H,11,12);;;/q;+1;;-1. The summed E-state index contributed by atoms with van der Waals surface area (Å²) in [5.74, 6) is -2.46. The van der Waals surface area contributed by atoms with Gasteiger partial charge in [0.25, 0.3) is 0 Å². The quantitative estimate of drug-likeness (QED) is 0.541. The summed E-state index contributed by atoms with van der Waals surface area (Å²) >= 11 is 0. The number of carboxylic acid groups (broad SMARTS) is 2. The van der Waals surface area contributed by atoms with Gasteiger partial charge in [-0.25, -0.2) is 9.59 Å². The van der Waals surface area contributed by atoms with Crippen LogP contribution in [0.5, 0.6) is 0 Å². The van der Waals surface area contributed by atoms with Crippen molar-refractivity contribution in [3.05, 3.63) is 35.4 Å². The molecule has 1 rings (SSSR count). The van der Waals surface area contributed by atoms with Crippen LogP contribution >= 0.6 is 0 Å². The molecular formula is C8H7KO4Pb. The van der Waals surface area contributed by atoms with E-state index in [1.165, 1.54) is 24.3 Å². The van der Waals surface area contributed by atoms with Crippen LogP contribution in [0.3, 0.4) is 0 Å². The van der Waals surface area contributed by atoms with Gasteiger partial charge in [0.1, 0.15) is 0 Å². The van der Waals surface area contributed by atoms with Gasteiger partial charge in [-0.3, -0.25) is 0 Å². The summed E-state index contributed by atoms with van der Waals surface area (Å²) in [7, 11) is 0. The first-order valence-electron chi connectivity index (χ1n) is 3.18. The SMILES string of the molecule is O=C(O)c1ccccc1C(=O)O.[H-].[K+].[Pb]. The Morgan fingerprint density at radius 2 is 1.29 bits per heavy atom. The van der Waals surface area contributed by atoms with Crippen LogP contribution in [0.1, 0.15) is 22.1 Å². The molecule has 0 aromatic heterocycles. The Hall–Kier alpha value is 0.718. The van der Waals surface area contributed by atoms with Gasteiger partial charge < -0.3 is 11.6 Å². The Labute approximate surface area is 145 Å². The number of carbonyl (C=O) groups is 2. The van der Waals surface area contributed by atoms with Gasteiger partial charge >= 0.3 is 63.3 Å². The van der Waals surface area contributed by atoms with Crippen molar-refractivity contribution in [2.75, 3.05) is 0 Å². The van der Waals surface area contributed by atoms with Gasteiger partial charge in [0.2, 0.25) is 0 Å². The first-order chi connectivity index (χ1) is 5.63. The zero-order chi connectivity index (χ0) is 9.14. The second-order valence-corrected chi connectivity index (χ2v) is 2.16. The van der Waals surface area contributed by atoms with Crippen LogP contribution < -0.4 is 51.4 Å². The Kier molecular flexibility index (Phi) is 9.71. The van der Waals surface area contributed by atoms with Crippen molar-refractivity contribution in [1.29, 1.82) is 0 Å². The van der Waals surface area contributed by atoms with Gasteiger partial charge in [-0.05, 0) is 12.1 Å². The van der Waals surface area contributed by atoms with Crippen LogP contribution in [0.2, 0.25) is 0 Å². The van der Waals surface area contributed by atoms with Crippen molar-refractivity contribution >= 4 is 39.2 Å². The Morgan fingerprint density at radius 3 is 1.50 bits per heavy atom. The average molecular weight is 413 g/mol. The van der Waals surface area contributed by atoms with E-state index in [1.807, 2.05) is 0 Å². The van der Waals surface area contributed by atoms with E-state index in [2.05, 4.69) is 0 Å². The molecule has 0 heterocycles. The van der Waals surface area contributed by atoms with E-state index >= 15 is 0 Å². The number of aromatic carboxylic acids is 2. The number of benzene rings is 1. The molecule has 4 radical (unpaired) electrons. The van der Waals surface area contributed by atoms with E-state index in [-0.39, 0.29) is 91.2 Å². The summed E-state index contributed by atoms with van der Waals surface area (Å²) in [6.07, 6.45) is 0. The van der Waals surface area contributed by atoms with Crippen molar-refractivity contribution in [2.24, 2.45) is 0 Å². The summed E-state index contributed by atoms with van der Waals surface area (Å²) in [6, 6.07) is 5.48. The van der Waals surface area contributed by atoms with E-state index in [1.54, 1.807) is 0 Å². The Balaban J connectivity index is -0.000000480. The molecule has 0 amide bonds. The second-order valence-electron chi connectivity index (χ2n) is 2.16. The molecule has 0 saturated carbocycles. The van der Waals surface area contributed by atoms with Crippen LogP contribution in [0, 0.1) is 0 Å². The van der Waals surface area contributed by atoms with Crippen molar-refractivity contribution in [2.45, 2.75) is 0 Å². The molecule has 0 aliphatic heterocycles.